The number of rotatable bonds is 1. The summed E-state index contributed by atoms with van der Waals surface area (Å²) in [6.45, 7) is 13.2. The molecule has 1 aromatic carbocycles. The summed E-state index contributed by atoms with van der Waals surface area (Å²) < 4.78 is 2.02. The number of nitrogens with zero attached hydrogens (tertiary/aromatic N) is 2. The van der Waals surface area contributed by atoms with Crippen molar-refractivity contribution in [3.8, 4) is 5.69 Å². The molecule has 0 aliphatic carbocycles. The van der Waals surface area contributed by atoms with Crippen molar-refractivity contribution in [1.82, 2.24) is 9.78 Å². The zero-order valence-corrected chi connectivity index (χ0v) is 13.9. The molecule has 1 heterocycles. The van der Waals surface area contributed by atoms with Crippen molar-refractivity contribution >= 4 is 11.6 Å². The van der Waals surface area contributed by atoms with Gasteiger partial charge >= 0.3 is 0 Å². The molecule has 0 bridgehead atoms. The molecule has 108 valence electrons. The minimum absolute atomic E-state index is 0.0266. The van der Waals surface area contributed by atoms with Crippen LogP contribution in [-0.2, 0) is 10.8 Å². The Morgan fingerprint density at radius 1 is 0.950 bits per heavy atom. The van der Waals surface area contributed by atoms with E-state index in [2.05, 4.69) is 47.6 Å². The van der Waals surface area contributed by atoms with Gasteiger partial charge in [-0.05, 0) is 24.3 Å². The Kier molecular flexibility index (Phi) is 3.72. The molecule has 1 aromatic heterocycles. The first-order chi connectivity index (χ1) is 9.09. The Labute approximate surface area is 126 Å². The highest BCUT2D eigenvalue weighted by atomic mass is 35.5. The first-order valence-electron chi connectivity index (χ1n) is 6.96. The van der Waals surface area contributed by atoms with E-state index >= 15 is 0 Å². The van der Waals surface area contributed by atoms with E-state index in [1.54, 1.807) is 0 Å². The van der Waals surface area contributed by atoms with Gasteiger partial charge < -0.3 is 0 Å². The first-order valence-corrected chi connectivity index (χ1v) is 7.34. The van der Waals surface area contributed by atoms with Crippen LogP contribution in [0.2, 0.25) is 5.02 Å². The van der Waals surface area contributed by atoms with Crippen LogP contribution in [0.4, 0.5) is 0 Å². The van der Waals surface area contributed by atoms with E-state index in [0.717, 1.165) is 16.4 Å². The maximum absolute atomic E-state index is 6.12. The van der Waals surface area contributed by atoms with Crippen LogP contribution in [-0.4, -0.2) is 9.78 Å². The standard InChI is InChI=1S/C17H23ClN2/c1-16(2,3)14-11-15(17(4,5)6)20(19-14)13-9-7-8-12(18)10-13/h7-11H,1-6H3. The molecule has 0 atom stereocenters. The second-order valence-electron chi connectivity index (χ2n) is 7.31. The van der Waals surface area contributed by atoms with Crippen LogP contribution in [0.5, 0.6) is 0 Å². The fourth-order valence-electron chi connectivity index (χ4n) is 2.09. The van der Waals surface area contributed by atoms with E-state index < -0.39 is 0 Å². The molecule has 2 nitrogen and oxygen atoms in total. The van der Waals surface area contributed by atoms with Crippen molar-refractivity contribution in [2.75, 3.05) is 0 Å². The van der Waals surface area contributed by atoms with Gasteiger partial charge in [0.25, 0.3) is 0 Å². The quantitative estimate of drug-likeness (QED) is 0.713. The number of hydrogen-bond donors (Lipinski definition) is 0. The minimum atomic E-state index is 0.0266. The van der Waals surface area contributed by atoms with E-state index in [1.165, 1.54) is 5.69 Å². The van der Waals surface area contributed by atoms with Crippen molar-refractivity contribution in [3.05, 3.63) is 46.7 Å². The molecule has 0 fully saturated rings. The normalized spacial score (nSPS) is 12.8. The molecule has 0 spiro atoms. The van der Waals surface area contributed by atoms with Gasteiger partial charge in [-0.2, -0.15) is 5.10 Å². The Morgan fingerprint density at radius 3 is 2.10 bits per heavy atom. The molecule has 0 amide bonds. The van der Waals surface area contributed by atoms with Crippen LogP contribution in [0.1, 0.15) is 52.9 Å². The predicted octanol–water partition coefficient (Wildman–Crippen LogP) is 5.12. The van der Waals surface area contributed by atoms with Gasteiger partial charge in [0.2, 0.25) is 0 Å². The lowest BCUT2D eigenvalue weighted by molar-refractivity contribution is 0.537. The third kappa shape index (κ3) is 3.06. The fraction of sp³-hybridized carbons (Fsp3) is 0.471. The summed E-state index contributed by atoms with van der Waals surface area (Å²) in [6.07, 6.45) is 0. The molecule has 3 heteroatoms. The van der Waals surface area contributed by atoms with Gasteiger partial charge in [0.05, 0.1) is 11.4 Å². The SMILES string of the molecule is CC(C)(C)c1cc(C(C)(C)C)n(-c2cccc(Cl)c2)n1. The van der Waals surface area contributed by atoms with Crippen LogP contribution >= 0.6 is 11.6 Å². The lowest BCUT2D eigenvalue weighted by atomic mass is 9.88. The van der Waals surface area contributed by atoms with Gasteiger partial charge in [-0.15, -0.1) is 0 Å². The molecule has 0 N–H and O–H groups in total. The molecular weight excluding hydrogens is 268 g/mol. The summed E-state index contributed by atoms with van der Waals surface area (Å²) in [7, 11) is 0. The molecule has 0 saturated heterocycles. The van der Waals surface area contributed by atoms with Gasteiger partial charge in [0.1, 0.15) is 0 Å². The molecular formula is C17H23ClN2. The van der Waals surface area contributed by atoms with Crippen molar-refractivity contribution in [1.29, 1.82) is 0 Å². The Morgan fingerprint density at radius 2 is 1.60 bits per heavy atom. The highest BCUT2D eigenvalue weighted by molar-refractivity contribution is 6.30. The zero-order chi connectivity index (χ0) is 15.1. The summed E-state index contributed by atoms with van der Waals surface area (Å²) in [4.78, 5) is 0. The summed E-state index contributed by atoms with van der Waals surface area (Å²) in [5.74, 6) is 0. The lowest BCUT2D eigenvalue weighted by Gasteiger charge is -2.20. The second-order valence-corrected chi connectivity index (χ2v) is 7.74. The summed E-state index contributed by atoms with van der Waals surface area (Å²) in [5.41, 5.74) is 3.37. The molecule has 0 saturated carbocycles. The minimum Gasteiger partial charge on any atom is -0.237 e. The lowest BCUT2D eigenvalue weighted by Crippen LogP contribution is -2.17. The summed E-state index contributed by atoms with van der Waals surface area (Å²) in [6, 6.07) is 10.1. The van der Waals surface area contributed by atoms with Gasteiger partial charge in [-0.1, -0.05) is 59.2 Å². The molecule has 0 aliphatic rings. The van der Waals surface area contributed by atoms with Gasteiger partial charge in [0.15, 0.2) is 0 Å². The van der Waals surface area contributed by atoms with Gasteiger partial charge in [-0.3, -0.25) is 0 Å². The maximum atomic E-state index is 6.12. The Hall–Kier alpha value is -1.28. The van der Waals surface area contributed by atoms with Crippen LogP contribution in [0, 0.1) is 0 Å². The van der Waals surface area contributed by atoms with E-state index in [1.807, 2.05) is 28.9 Å². The van der Waals surface area contributed by atoms with Crippen molar-refractivity contribution in [3.63, 3.8) is 0 Å². The Bertz CT molecular complexity index is 613. The van der Waals surface area contributed by atoms with E-state index in [0.29, 0.717) is 0 Å². The second kappa shape index (κ2) is 4.92. The average molecular weight is 291 g/mol. The zero-order valence-electron chi connectivity index (χ0n) is 13.2. The van der Waals surface area contributed by atoms with Crippen LogP contribution in [0.25, 0.3) is 5.69 Å². The average Bonchev–Trinajstić information content (AvgIpc) is 2.72. The molecule has 0 radical (unpaired) electrons. The molecule has 0 unspecified atom stereocenters. The predicted molar refractivity (Wildman–Crippen MR) is 86.0 cm³/mol. The molecule has 2 aromatic rings. The smallest absolute Gasteiger partial charge is 0.0685 e. The maximum Gasteiger partial charge on any atom is 0.0685 e. The molecule has 2 rings (SSSR count). The number of aromatic nitrogens is 2. The third-order valence-corrected chi connectivity index (χ3v) is 3.53. The van der Waals surface area contributed by atoms with Crippen LogP contribution in [0.3, 0.4) is 0 Å². The fourth-order valence-corrected chi connectivity index (χ4v) is 2.27. The van der Waals surface area contributed by atoms with Gasteiger partial charge in [-0.25, -0.2) is 4.68 Å². The number of halogens is 1. The number of hydrogen-bond acceptors (Lipinski definition) is 1. The van der Waals surface area contributed by atoms with Crippen molar-refractivity contribution < 1.29 is 0 Å². The van der Waals surface area contributed by atoms with E-state index in [-0.39, 0.29) is 10.8 Å². The van der Waals surface area contributed by atoms with Crippen LogP contribution in [0.15, 0.2) is 30.3 Å². The van der Waals surface area contributed by atoms with Gasteiger partial charge in [0, 0.05) is 21.5 Å². The van der Waals surface area contributed by atoms with E-state index in [9.17, 15) is 0 Å². The Balaban J connectivity index is 2.65. The van der Waals surface area contributed by atoms with Crippen molar-refractivity contribution in [2.24, 2.45) is 0 Å². The topological polar surface area (TPSA) is 17.8 Å². The monoisotopic (exact) mass is 290 g/mol. The van der Waals surface area contributed by atoms with E-state index in [4.69, 9.17) is 16.7 Å². The number of benzene rings is 1. The highest BCUT2D eigenvalue weighted by Gasteiger charge is 2.26. The van der Waals surface area contributed by atoms with Crippen LogP contribution < -0.4 is 0 Å². The third-order valence-electron chi connectivity index (χ3n) is 3.30. The summed E-state index contributed by atoms with van der Waals surface area (Å²) >= 11 is 6.12. The summed E-state index contributed by atoms with van der Waals surface area (Å²) in [5, 5.41) is 5.55. The first kappa shape index (κ1) is 15.1. The van der Waals surface area contributed by atoms with Crippen molar-refractivity contribution in [2.45, 2.75) is 52.4 Å². The largest absolute Gasteiger partial charge is 0.237 e. The molecule has 0 aliphatic heterocycles. The molecule has 20 heavy (non-hydrogen) atoms. The highest BCUT2D eigenvalue weighted by Crippen LogP contribution is 2.30.